The van der Waals surface area contributed by atoms with Crippen molar-refractivity contribution in [1.29, 1.82) is 0 Å². The molecule has 0 aromatic rings. The van der Waals surface area contributed by atoms with Crippen molar-refractivity contribution in [2.24, 2.45) is 5.73 Å². The third-order valence-electron chi connectivity index (χ3n) is 0.390. The molecule has 0 aromatic carbocycles. The second kappa shape index (κ2) is 1.77. The van der Waals surface area contributed by atoms with E-state index in [9.17, 15) is 4.79 Å². The van der Waals surface area contributed by atoms with Gasteiger partial charge in [0.25, 0.3) is 0 Å². The number of nitrogens with two attached hydrogens (primary N) is 1. The fourth-order valence-electron chi connectivity index (χ4n) is 0. The fourth-order valence-corrected chi connectivity index (χ4v) is 0. The highest BCUT2D eigenvalue weighted by molar-refractivity contribution is 5.72. The molecule has 3 heteroatoms. The van der Waals surface area contributed by atoms with Gasteiger partial charge in [0.2, 0.25) is 0 Å². The second-order valence-corrected chi connectivity index (χ2v) is 1.13. The van der Waals surface area contributed by atoms with Gasteiger partial charge in [-0.15, -0.1) is 0 Å². The predicted molar refractivity (Wildman–Crippen MR) is 21.3 cm³/mol. The van der Waals surface area contributed by atoms with Crippen molar-refractivity contribution < 1.29 is 9.90 Å². The molecule has 0 aliphatic rings. The molecule has 0 fully saturated rings. The van der Waals surface area contributed by atoms with E-state index in [0.29, 0.717) is 0 Å². The summed E-state index contributed by atoms with van der Waals surface area (Å²) in [5.41, 5.74) is 4.84. The number of hydrogen-bond acceptors (Lipinski definition) is 2. The molecule has 3 nitrogen and oxygen atoms in total. The molecule has 0 unspecified atom stereocenters. The first kappa shape index (κ1) is 5.43. The molecular formula is C3H7NO2. The molecule has 3 N–H and O–H groups in total. The highest BCUT2D eigenvalue weighted by Crippen LogP contribution is 1.68. The topological polar surface area (TPSA) is 63.3 Å². The minimum Gasteiger partial charge on any atom is -0.480 e. The van der Waals surface area contributed by atoms with E-state index in [0.717, 1.165) is 0 Å². The highest BCUT2D eigenvalue weighted by atomic mass is 16.6. The lowest BCUT2D eigenvalue weighted by Gasteiger charge is -1.90. The predicted octanol–water partition coefficient (Wildman–Crippen LogP) is -0.582. The number of aliphatic carboxylic acids is 1. The average molecular weight is 91.1 g/mol. The molecular weight excluding hydrogens is 84.0 g/mol. The van der Waals surface area contributed by atoms with Crippen LogP contribution in [0.2, 0.25) is 0 Å². The molecule has 0 heterocycles. The van der Waals surface area contributed by atoms with E-state index < -0.39 is 12.0 Å². The molecule has 0 rings (SSSR count). The van der Waals surface area contributed by atoms with Crippen LogP contribution in [0.3, 0.4) is 0 Å². The van der Waals surface area contributed by atoms with E-state index in [4.69, 9.17) is 10.8 Å². The lowest BCUT2D eigenvalue weighted by molar-refractivity contribution is -0.138. The van der Waals surface area contributed by atoms with Gasteiger partial charge in [-0.3, -0.25) is 4.79 Å². The van der Waals surface area contributed by atoms with Gasteiger partial charge < -0.3 is 10.8 Å². The summed E-state index contributed by atoms with van der Waals surface area (Å²) in [5, 5.41) is 7.87. The summed E-state index contributed by atoms with van der Waals surface area (Å²) in [4.78, 5) is 9.57. The Labute approximate surface area is 35.8 Å². The molecule has 0 saturated heterocycles. The maximum Gasteiger partial charge on any atom is 0.320 e. The first-order valence-electron chi connectivity index (χ1n) is 1.63. The SMILES string of the molecule is C[C@@H](N)[14C](=O)O. The van der Waals surface area contributed by atoms with Crippen LogP contribution in [0.25, 0.3) is 0 Å². The maximum atomic E-state index is 9.57. The smallest absolute Gasteiger partial charge is 0.320 e. The Kier molecular flexibility index (Phi) is 1.60. The lowest BCUT2D eigenvalue weighted by Crippen LogP contribution is -2.25. The number of carbonyl (C=O) groups is 1. The molecule has 1 atom stereocenters. The van der Waals surface area contributed by atoms with Crippen LogP contribution in [-0.2, 0) is 4.79 Å². The molecule has 0 radical (unpaired) electrons. The molecule has 0 spiro atoms. The quantitative estimate of drug-likeness (QED) is 0.453. The molecule has 0 amide bonds. The van der Waals surface area contributed by atoms with Crippen molar-refractivity contribution in [1.82, 2.24) is 0 Å². The summed E-state index contributed by atoms with van der Waals surface area (Å²) in [6.45, 7) is 1.42. The number of hydrogen-bond donors (Lipinski definition) is 2. The van der Waals surface area contributed by atoms with Crippen molar-refractivity contribution >= 4 is 5.97 Å². The van der Waals surface area contributed by atoms with Crippen LogP contribution in [0.1, 0.15) is 6.92 Å². The zero-order chi connectivity index (χ0) is 5.15. The van der Waals surface area contributed by atoms with Crippen LogP contribution in [0.15, 0.2) is 0 Å². The van der Waals surface area contributed by atoms with E-state index in [1.165, 1.54) is 6.92 Å². The van der Waals surface area contributed by atoms with Crippen molar-refractivity contribution in [3.8, 4) is 0 Å². The first-order chi connectivity index (χ1) is 2.64. The zero-order valence-corrected chi connectivity index (χ0v) is 3.51. The average Bonchev–Trinajstić information content (AvgIpc) is 1.36. The number of carboxylic acids is 1. The lowest BCUT2D eigenvalue weighted by atomic mass is 10.7. The van der Waals surface area contributed by atoms with Crippen molar-refractivity contribution in [2.75, 3.05) is 0 Å². The van der Waals surface area contributed by atoms with Gasteiger partial charge >= 0.3 is 5.97 Å². The van der Waals surface area contributed by atoms with E-state index in [1.807, 2.05) is 0 Å². The van der Waals surface area contributed by atoms with E-state index in [2.05, 4.69) is 0 Å². The van der Waals surface area contributed by atoms with Gasteiger partial charge in [-0.1, -0.05) is 0 Å². The molecule has 0 aromatic heterocycles. The third-order valence-corrected chi connectivity index (χ3v) is 0.390. The maximum absolute atomic E-state index is 9.57. The van der Waals surface area contributed by atoms with Gasteiger partial charge in [-0.25, -0.2) is 0 Å². The van der Waals surface area contributed by atoms with E-state index in [-0.39, 0.29) is 0 Å². The van der Waals surface area contributed by atoms with Gasteiger partial charge in [0, 0.05) is 0 Å². The summed E-state index contributed by atoms with van der Waals surface area (Å²) < 4.78 is 0. The summed E-state index contributed by atoms with van der Waals surface area (Å²) in [5.74, 6) is -0.963. The van der Waals surface area contributed by atoms with Gasteiger partial charge in [-0.2, -0.15) is 0 Å². The second-order valence-electron chi connectivity index (χ2n) is 1.13. The van der Waals surface area contributed by atoms with Gasteiger partial charge in [0.05, 0.1) is 0 Å². The van der Waals surface area contributed by atoms with Crippen molar-refractivity contribution in [2.45, 2.75) is 13.0 Å². The Morgan fingerprint density at radius 2 is 2.17 bits per heavy atom. The number of rotatable bonds is 1. The standard InChI is InChI=1S/C3H7NO2/c1-2(4)3(5)6/h2H,4H2,1H3,(H,5,6)/t2-/m1/s1/i3+2. The molecule has 0 saturated carbocycles. The van der Waals surface area contributed by atoms with E-state index >= 15 is 0 Å². The molecule has 6 heavy (non-hydrogen) atoms. The summed E-state index contributed by atoms with van der Waals surface area (Å²) >= 11 is 0. The Morgan fingerprint density at radius 1 is 2.00 bits per heavy atom. The van der Waals surface area contributed by atoms with Crippen LogP contribution >= 0.6 is 0 Å². The van der Waals surface area contributed by atoms with Gasteiger partial charge in [0.15, 0.2) is 0 Å². The molecule has 0 bridgehead atoms. The van der Waals surface area contributed by atoms with Crippen LogP contribution in [0.4, 0.5) is 0 Å². The monoisotopic (exact) mass is 91.1 g/mol. The Bertz CT molecular complexity index is 59.8. The van der Waals surface area contributed by atoms with E-state index in [1.54, 1.807) is 0 Å². The number of carboxylic acid groups (broad SMARTS) is 1. The summed E-state index contributed by atoms with van der Waals surface area (Å²) in [7, 11) is 0. The van der Waals surface area contributed by atoms with Crippen LogP contribution < -0.4 is 5.73 Å². The molecule has 0 aliphatic carbocycles. The van der Waals surface area contributed by atoms with Crippen molar-refractivity contribution in [3.63, 3.8) is 0 Å². The zero-order valence-electron chi connectivity index (χ0n) is 3.51. The molecule has 0 aliphatic heterocycles. The summed E-state index contributed by atoms with van der Waals surface area (Å²) in [6.07, 6.45) is 0. The Balaban J connectivity index is 3.26. The Hall–Kier alpha value is -0.570. The third kappa shape index (κ3) is 1.72. The van der Waals surface area contributed by atoms with Crippen LogP contribution in [-0.4, -0.2) is 17.1 Å². The first-order valence-corrected chi connectivity index (χ1v) is 1.63. The van der Waals surface area contributed by atoms with Gasteiger partial charge in [-0.05, 0) is 6.92 Å². The highest BCUT2D eigenvalue weighted by Gasteiger charge is 1.99. The summed E-state index contributed by atoms with van der Waals surface area (Å²) in [6, 6.07) is -0.731. The van der Waals surface area contributed by atoms with Crippen molar-refractivity contribution in [3.05, 3.63) is 0 Å². The largest absolute Gasteiger partial charge is 0.480 e. The minimum atomic E-state index is -0.963. The minimum absolute atomic E-state index is 0.731. The van der Waals surface area contributed by atoms with Crippen LogP contribution in [0.5, 0.6) is 0 Å². The molecule has 36 valence electrons. The van der Waals surface area contributed by atoms with Gasteiger partial charge in [0.1, 0.15) is 6.04 Å². The normalized spacial score (nSPS) is 13.7. The Morgan fingerprint density at radius 3 is 2.17 bits per heavy atom. The van der Waals surface area contributed by atoms with Crippen LogP contribution in [0, 0.1) is 0 Å². The fraction of sp³-hybridized carbons (Fsp3) is 0.667.